The molecule has 1 saturated heterocycles. The van der Waals surface area contributed by atoms with E-state index in [2.05, 4.69) is 0 Å². The van der Waals surface area contributed by atoms with Crippen LogP contribution in [0.2, 0.25) is 0 Å². The molecule has 3 heteroatoms. The van der Waals surface area contributed by atoms with E-state index in [4.69, 9.17) is 9.47 Å². The SMILES string of the molecule is CC(C)c1cc(F)ccc1OCC1COC1. The highest BCUT2D eigenvalue weighted by Gasteiger charge is 2.19. The molecule has 0 N–H and O–H groups in total. The average molecular weight is 224 g/mol. The molecule has 1 aliphatic rings. The Bertz CT molecular complexity index is 359. The van der Waals surface area contributed by atoms with Gasteiger partial charge in [0, 0.05) is 5.92 Å². The van der Waals surface area contributed by atoms with Gasteiger partial charge in [-0.15, -0.1) is 0 Å². The van der Waals surface area contributed by atoms with E-state index < -0.39 is 0 Å². The van der Waals surface area contributed by atoms with Gasteiger partial charge in [0.05, 0.1) is 19.8 Å². The van der Waals surface area contributed by atoms with Crippen molar-refractivity contribution in [3.05, 3.63) is 29.6 Å². The van der Waals surface area contributed by atoms with Gasteiger partial charge in [0.25, 0.3) is 0 Å². The Kier molecular flexibility index (Phi) is 3.44. The number of hydrogen-bond donors (Lipinski definition) is 0. The maximum absolute atomic E-state index is 13.1. The summed E-state index contributed by atoms with van der Waals surface area (Å²) >= 11 is 0. The van der Waals surface area contributed by atoms with E-state index in [-0.39, 0.29) is 11.7 Å². The van der Waals surface area contributed by atoms with Crippen LogP contribution in [-0.2, 0) is 4.74 Å². The number of ether oxygens (including phenoxy) is 2. The van der Waals surface area contributed by atoms with Gasteiger partial charge in [-0.25, -0.2) is 4.39 Å². The first kappa shape index (κ1) is 11.4. The lowest BCUT2D eigenvalue weighted by Gasteiger charge is -2.26. The van der Waals surface area contributed by atoms with Gasteiger partial charge >= 0.3 is 0 Å². The van der Waals surface area contributed by atoms with E-state index in [1.807, 2.05) is 13.8 Å². The molecule has 0 aromatic heterocycles. The van der Waals surface area contributed by atoms with Crippen molar-refractivity contribution in [2.75, 3.05) is 19.8 Å². The van der Waals surface area contributed by atoms with Crippen molar-refractivity contribution in [1.29, 1.82) is 0 Å². The molecule has 88 valence electrons. The minimum Gasteiger partial charge on any atom is -0.493 e. The summed E-state index contributed by atoms with van der Waals surface area (Å²) in [4.78, 5) is 0. The molecule has 1 aromatic carbocycles. The first-order valence-corrected chi connectivity index (χ1v) is 5.67. The molecule has 2 rings (SSSR count). The average Bonchev–Trinajstić information content (AvgIpc) is 2.17. The van der Waals surface area contributed by atoms with Gasteiger partial charge in [0.1, 0.15) is 11.6 Å². The minimum atomic E-state index is -0.206. The molecule has 0 aliphatic carbocycles. The normalized spacial score (nSPS) is 16.2. The number of hydrogen-bond acceptors (Lipinski definition) is 2. The molecule has 0 unspecified atom stereocenters. The van der Waals surface area contributed by atoms with E-state index in [0.717, 1.165) is 24.5 Å². The molecular weight excluding hydrogens is 207 g/mol. The molecular formula is C13H17FO2. The third-order valence-corrected chi connectivity index (χ3v) is 2.78. The second-order valence-electron chi connectivity index (χ2n) is 4.55. The van der Waals surface area contributed by atoms with Crippen LogP contribution in [0.25, 0.3) is 0 Å². The van der Waals surface area contributed by atoms with E-state index in [9.17, 15) is 4.39 Å². The minimum absolute atomic E-state index is 0.206. The van der Waals surface area contributed by atoms with Crippen LogP contribution in [0.5, 0.6) is 5.75 Å². The summed E-state index contributed by atoms with van der Waals surface area (Å²) in [5.41, 5.74) is 0.931. The zero-order chi connectivity index (χ0) is 11.5. The smallest absolute Gasteiger partial charge is 0.123 e. The Morgan fingerprint density at radius 2 is 2.19 bits per heavy atom. The highest BCUT2D eigenvalue weighted by atomic mass is 19.1. The molecule has 0 radical (unpaired) electrons. The predicted molar refractivity (Wildman–Crippen MR) is 60.3 cm³/mol. The van der Waals surface area contributed by atoms with Gasteiger partial charge in [-0.3, -0.25) is 0 Å². The molecule has 0 saturated carbocycles. The van der Waals surface area contributed by atoms with Crippen LogP contribution in [0.4, 0.5) is 4.39 Å². The van der Waals surface area contributed by atoms with Crippen LogP contribution < -0.4 is 4.74 Å². The molecule has 1 aromatic rings. The zero-order valence-electron chi connectivity index (χ0n) is 9.70. The third kappa shape index (κ3) is 2.53. The van der Waals surface area contributed by atoms with E-state index in [1.54, 1.807) is 12.1 Å². The fraction of sp³-hybridized carbons (Fsp3) is 0.538. The van der Waals surface area contributed by atoms with E-state index >= 15 is 0 Å². The summed E-state index contributed by atoms with van der Waals surface area (Å²) in [6, 6.07) is 4.71. The lowest BCUT2D eigenvalue weighted by molar-refractivity contribution is -0.0509. The molecule has 1 fully saturated rings. The van der Waals surface area contributed by atoms with Crippen molar-refractivity contribution in [3.63, 3.8) is 0 Å². The van der Waals surface area contributed by atoms with Crippen LogP contribution in [0.1, 0.15) is 25.3 Å². The predicted octanol–water partition coefficient (Wildman–Crippen LogP) is 2.97. The number of halogens is 1. The first-order valence-electron chi connectivity index (χ1n) is 5.67. The molecule has 0 spiro atoms. The summed E-state index contributed by atoms with van der Waals surface area (Å²) in [5, 5.41) is 0. The van der Waals surface area contributed by atoms with Gasteiger partial charge in [-0.05, 0) is 29.7 Å². The van der Waals surface area contributed by atoms with Gasteiger partial charge in [-0.1, -0.05) is 13.8 Å². The second kappa shape index (κ2) is 4.83. The highest BCUT2D eigenvalue weighted by Crippen LogP contribution is 2.28. The van der Waals surface area contributed by atoms with E-state index in [0.29, 0.717) is 12.5 Å². The van der Waals surface area contributed by atoms with Crippen molar-refractivity contribution in [3.8, 4) is 5.75 Å². The summed E-state index contributed by atoms with van der Waals surface area (Å²) in [6.45, 7) is 6.28. The zero-order valence-corrected chi connectivity index (χ0v) is 9.70. The van der Waals surface area contributed by atoms with Crippen molar-refractivity contribution in [2.45, 2.75) is 19.8 Å². The monoisotopic (exact) mass is 224 g/mol. The Balaban J connectivity index is 2.05. The first-order chi connectivity index (χ1) is 7.66. The summed E-state index contributed by atoms with van der Waals surface area (Å²) in [7, 11) is 0. The fourth-order valence-corrected chi connectivity index (χ4v) is 1.69. The van der Waals surface area contributed by atoms with Crippen LogP contribution in [-0.4, -0.2) is 19.8 Å². The Labute approximate surface area is 95.4 Å². The molecule has 0 amide bonds. The Hall–Kier alpha value is -1.09. The van der Waals surface area contributed by atoms with Gasteiger partial charge in [0.2, 0.25) is 0 Å². The van der Waals surface area contributed by atoms with Crippen LogP contribution >= 0.6 is 0 Å². The second-order valence-corrected chi connectivity index (χ2v) is 4.55. The number of rotatable bonds is 4. The summed E-state index contributed by atoms with van der Waals surface area (Å²) < 4.78 is 23.9. The fourth-order valence-electron chi connectivity index (χ4n) is 1.69. The quantitative estimate of drug-likeness (QED) is 0.782. The van der Waals surface area contributed by atoms with Crippen LogP contribution in [0.3, 0.4) is 0 Å². The Morgan fingerprint density at radius 1 is 1.44 bits per heavy atom. The van der Waals surface area contributed by atoms with Crippen molar-refractivity contribution >= 4 is 0 Å². The highest BCUT2D eigenvalue weighted by molar-refractivity contribution is 5.36. The van der Waals surface area contributed by atoms with Crippen LogP contribution in [0, 0.1) is 11.7 Å². The van der Waals surface area contributed by atoms with Crippen LogP contribution in [0.15, 0.2) is 18.2 Å². The van der Waals surface area contributed by atoms with Gasteiger partial charge in [0.15, 0.2) is 0 Å². The molecule has 16 heavy (non-hydrogen) atoms. The topological polar surface area (TPSA) is 18.5 Å². The maximum atomic E-state index is 13.1. The molecule has 2 nitrogen and oxygen atoms in total. The van der Waals surface area contributed by atoms with E-state index in [1.165, 1.54) is 6.07 Å². The molecule has 1 heterocycles. The Morgan fingerprint density at radius 3 is 2.75 bits per heavy atom. The molecule has 0 bridgehead atoms. The standard InChI is InChI=1S/C13H17FO2/c1-9(2)12-5-11(14)3-4-13(12)16-8-10-6-15-7-10/h3-5,9-10H,6-8H2,1-2H3. The summed E-state index contributed by atoms with van der Waals surface area (Å²) in [6.07, 6.45) is 0. The van der Waals surface area contributed by atoms with Gasteiger partial charge in [-0.2, -0.15) is 0 Å². The molecule has 0 atom stereocenters. The lowest BCUT2D eigenvalue weighted by Crippen LogP contribution is -2.32. The maximum Gasteiger partial charge on any atom is 0.123 e. The van der Waals surface area contributed by atoms with Crippen molar-refractivity contribution < 1.29 is 13.9 Å². The largest absolute Gasteiger partial charge is 0.493 e. The summed E-state index contributed by atoms with van der Waals surface area (Å²) in [5.74, 6) is 1.35. The van der Waals surface area contributed by atoms with Crippen molar-refractivity contribution in [1.82, 2.24) is 0 Å². The third-order valence-electron chi connectivity index (χ3n) is 2.78. The number of benzene rings is 1. The van der Waals surface area contributed by atoms with Gasteiger partial charge < -0.3 is 9.47 Å². The van der Waals surface area contributed by atoms with Crippen molar-refractivity contribution in [2.24, 2.45) is 5.92 Å². The molecule has 1 aliphatic heterocycles. The lowest BCUT2D eigenvalue weighted by atomic mass is 10.0.